The molecule has 0 aliphatic rings. The van der Waals surface area contributed by atoms with Crippen molar-refractivity contribution in [2.75, 3.05) is 0 Å². The van der Waals surface area contributed by atoms with Crippen LogP contribution in [0.15, 0.2) is 29.3 Å². The number of aliphatic imine (C=N–C) groups is 1. The molecule has 0 fully saturated rings. The normalized spacial score (nSPS) is 11.9. The summed E-state index contributed by atoms with van der Waals surface area (Å²) in [5.74, 6) is 0.503. The van der Waals surface area contributed by atoms with Gasteiger partial charge in [-0.3, -0.25) is 0 Å². The highest BCUT2D eigenvalue weighted by Gasteiger charge is 2.11. The molecule has 15 heavy (non-hydrogen) atoms. The molecule has 0 radical (unpaired) electrons. The summed E-state index contributed by atoms with van der Waals surface area (Å²) in [6.07, 6.45) is 4.99. The summed E-state index contributed by atoms with van der Waals surface area (Å²) in [7, 11) is 0. The van der Waals surface area contributed by atoms with Gasteiger partial charge in [-0.05, 0) is 30.4 Å². The number of benzene rings is 1. The molecule has 0 aromatic heterocycles. The lowest BCUT2D eigenvalue weighted by Crippen LogP contribution is -1.97. The fourth-order valence-electron chi connectivity index (χ4n) is 1.91. The number of rotatable bonds is 5. The van der Waals surface area contributed by atoms with Gasteiger partial charge >= 0.3 is 0 Å². The summed E-state index contributed by atoms with van der Waals surface area (Å²) in [5, 5.41) is 0. The third-order valence-electron chi connectivity index (χ3n) is 2.67. The molecule has 1 atom stereocenters. The van der Waals surface area contributed by atoms with Crippen molar-refractivity contribution < 1.29 is 4.79 Å². The van der Waals surface area contributed by atoms with Gasteiger partial charge < -0.3 is 0 Å². The van der Waals surface area contributed by atoms with Gasteiger partial charge in [0.1, 0.15) is 0 Å². The van der Waals surface area contributed by atoms with Gasteiger partial charge in [0.25, 0.3) is 0 Å². The molecule has 0 aliphatic heterocycles. The number of hydrogen-bond acceptors (Lipinski definition) is 2. The van der Waals surface area contributed by atoms with Crippen LogP contribution < -0.4 is 0 Å². The summed E-state index contributed by atoms with van der Waals surface area (Å²) in [6.45, 7) is 4.34. The summed E-state index contributed by atoms with van der Waals surface area (Å²) in [6, 6.07) is 7.83. The topological polar surface area (TPSA) is 29.4 Å². The van der Waals surface area contributed by atoms with E-state index in [0.29, 0.717) is 5.92 Å². The Balaban J connectivity index is 3.04. The van der Waals surface area contributed by atoms with Gasteiger partial charge in [0.2, 0.25) is 6.08 Å². The van der Waals surface area contributed by atoms with Crippen LogP contribution in [0, 0.1) is 0 Å². The van der Waals surface area contributed by atoms with Crippen LogP contribution in [-0.2, 0) is 4.79 Å². The molecular weight excluding hydrogens is 186 g/mol. The maximum absolute atomic E-state index is 10.3. The lowest BCUT2D eigenvalue weighted by Gasteiger charge is -2.15. The van der Waals surface area contributed by atoms with Crippen LogP contribution in [0.1, 0.15) is 44.6 Å². The Morgan fingerprint density at radius 3 is 2.67 bits per heavy atom. The zero-order valence-corrected chi connectivity index (χ0v) is 9.36. The first-order chi connectivity index (χ1) is 7.33. The highest BCUT2D eigenvalue weighted by Crippen LogP contribution is 2.31. The third-order valence-corrected chi connectivity index (χ3v) is 2.67. The largest absolute Gasteiger partial charge is 0.240 e. The first-order valence-electron chi connectivity index (χ1n) is 5.50. The Hall–Kier alpha value is -1.40. The number of isocyanates is 1. The Bertz CT molecular complexity index is 353. The summed E-state index contributed by atoms with van der Waals surface area (Å²) in [5.41, 5.74) is 1.94. The second-order valence-electron chi connectivity index (χ2n) is 3.66. The Kier molecular flexibility index (Phi) is 4.79. The maximum Gasteiger partial charge on any atom is 0.240 e. The van der Waals surface area contributed by atoms with Gasteiger partial charge in [-0.2, -0.15) is 4.99 Å². The smallest absolute Gasteiger partial charge is 0.211 e. The SMILES string of the molecule is CCCC(CC)c1ccccc1N=C=O. The number of hydrogen-bond donors (Lipinski definition) is 0. The minimum atomic E-state index is 0.503. The lowest BCUT2D eigenvalue weighted by molar-refractivity contribution is 0.564. The average molecular weight is 203 g/mol. The predicted octanol–water partition coefficient (Wildman–Crippen LogP) is 3.95. The highest BCUT2D eigenvalue weighted by molar-refractivity contribution is 5.54. The second-order valence-corrected chi connectivity index (χ2v) is 3.66. The fraction of sp³-hybridized carbons (Fsp3) is 0.462. The molecule has 0 bridgehead atoms. The Morgan fingerprint density at radius 2 is 2.07 bits per heavy atom. The molecule has 0 heterocycles. The minimum absolute atomic E-state index is 0.503. The van der Waals surface area contributed by atoms with E-state index in [2.05, 4.69) is 24.9 Å². The van der Waals surface area contributed by atoms with Gasteiger partial charge in [-0.25, -0.2) is 4.79 Å². The van der Waals surface area contributed by atoms with E-state index in [-0.39, 0.29) is 0 Å². The number of carbonyl (C=O) groups excluding carboxylic acids is 1. The zero-order valence-electron chi connectivity index (χ0n) is 9.36. The highest BCUT2D eigenvalue weighted by atomic mass is 16.1. The van der Waals surface area contributed by atoms with Gasteiger partial charge in [0.15, 0.2) is 0 Å². The first kappa shape index (κ1) is 11.7. The summed E-state index contributed by atoms with van der Waals surface area (Å²) >= 11 is 0. The van der Waals surface area contributed by atoms with Crippen LogP contribution in [0.3, 0.4) is 0 Å². The van der Waals surface area contributed by atoms with Crippen molar-refractivity contribution in [3.05, 3.63) is 29.8 Å². The average Bonchev–Trinajstić information content (AvgIpc) is 2.27. The monoisotopic (exact) mass is 203 g/mol. The molecule has 0 N–H and O–H groups in total. The molecule has 80 valence electrons. The molecule has 2 nitrogen and oxygen atoms in total. The van der Waals surface area contributed by atoms with Crippen molar-refractivity contribution >= 4 is 11.8 Å². The molecule has 0 aliphatic carbocycles. The van der Waals surface area contributed by atoms with Crippen LogP contribution in [-0.4, -0.2) is 6.08 Å². The Labute approximate surface area is 91.0 Å². The third kappa shape index (κ3) is 3.03. The molecule has 0 saturated carbocycles. The molecule has 0 spiro atoms. The van der Waals surface area contributed by atoms with Crippen molar-refractivity contribution in [2.24, 2.45) is 4.99 Å². The molecule has 2 heteroatoms. The standard InChI is InChI=1S/C13H17NO/c1-3-7-11(4-2)12-8-5-6-9-13(12)14-10-15/h5-6,8-9,11H,3-4,7H2,1-2H3. The van der Waals surface area contributed by atoms with E-state index in [1.54, 1.807) is 6.08 Å². The number of nitrogens with zero attached hydrogens (tertiary/aromatic N) is 1. The van der Waals surface area contributed by atoms with Gasteiger partial charge in [-0.15, -0.1) is 0 Å². The molecule has 0 amide bonds. The van der Waals surface area contributed by atoms with E-state index in [1.165, 1.54) is 5.56 Å². The fourth-order valence-corrected chi connectivity index (χ4v) is 1.91. The van der Waals surface area contributed by atoms with Gasteiger partial charge in [0, 0.05) is 0 Å². The van der Waals surface area contributed by atoms with Crippen molar-refractivity contribution in [3.8, 4) is 0 Å². The molecule has 1 rings (SSSR count). The summed E-state index contributed by atoms with van der Waals surface area (Å²) in [4.78, 5) is 14.1. The molecular formula is C13H17NO. The van der Waals surface area contributed by atoms with Crippen LogP contribution in [0.2, 0.25) is 0 Å². The minimum Gasteiger partial charge on any atom is -0.211 e. The quantitative estimate of drug-likeness (QED) is 0.526. The second kappa shape index (κ2) is 6.15. The summed E-state index contributed by atoms with van der Waals surface area (Å²) < 4.78 is 0. The maximum atomic E-state index is 10.3. The van der Waals surface area contributed by atoms with Crippen molar-refractivity contribution in [1.29, 1.82) is 0 Å². The van der Waals surface area contributed by atoms with Crippen molar-refractivity contribution in [3.63, 3.8) is 0 Å². The van der Waals surface area contributed by atoms with E-state index in [9.17, 15) is 4.79 Å². The van der Waals surface area contributed by atoms with Crippen LogP contribution in [0.4, 0.5) is 5.69 Å². The van der Waals surface area contributed by atoms with E-state index in [1.807, 2.05) is 18.2 Å². The zero-order chi connectivity index (χ0) is 11.1. The van der Waals surface area contributed by atoms with Crippen LogP contribution in [0.5, 0.6) is 0 Å². The first-order valence-corrected chi connectivity index (χ1v) is 5.50. The van der Waals surface area contributed by atoms with E-state index < -0.39 is 0 Å². The molecule has 1 aromatic carbocycles. The van der Waals surface area contributed by atoms with E-state index in [0.717, 1.165) is 24.9 Å². The van der Waals surface area contributed by atoms with Crippen LogP contribution >= 0.6 is 0 Å². The Morgan fingerprint density at radius 1 is 1.33 bits per heavy atom. The van der Waals surface area contributed by atoms with Gasteiger partial charge in [0.05, 0.1) is 5.69 Å². The molecule has 1 aromatic rings. The van der Waals surface area contributed by atoms with E-state index in [4.69, 9.17) is 0 Å². The van der Waals surface area contributed by atoms with E-state index >= 15 is 0 Å². The molecule has 1 unspecified atom stereocenters. The van der Waals surface area contributed by atoms with Crippen LogP contribution in [0.25, 0.3) is 0 Å². The van der Waals surface area contributed by atoms with Crippen molar-refractivity contribution in [2.45, 2.75) is 39.0 Å². The molecule has 0 saturated heterocycles. The number of para-hydroxylation sites is 1. The van der Waals surface area contributed by atoms with Gasteiger partial charge in [-0.1, -0.05) is 38.5 Å². The lowest BCUT2D eigenvalue weighted by atomic mass is 9.91. The van der Waals surface area contributed by atoms with Crippen molar-refractivity contribution in [1.82, 2.24) is 0 Å². The predicted molar refractivity (Wildman–Crippen MR) is 62.2 cm³/mol.